The van der Waals surface area contributed by atoms with E-state index in [1.165, 1.54) is 6.92 Å². The number of rotatable bonds is 7. The SMILES string of the molecule is C/C(=C\[C@H](C(C)C)N(C)C(=O)[C@@H](NC(=O)C1CN(C)CCN1C)C(C)(C)C)C(=O)O. The van der Waals surface area contributed by atoms with Gasteiger partial charge in [-0.25, -0.2) is 4.79 Å². The Morgan fingerprint density at radius 1 is 1.17 bits per heavy atom. The number of carboxylic acids is 1. The molecule has 1 unspecified atom stereocenters. The van der Waals surface area contributed by atoms with Gasteiger partial charge < -0.3 is 20.2 Å². The van der Waals surface area contributed by atoms with E-state index in [9.17, 15) is 19.5 Å². The van der Waals surface area contributed by atoms with Crippen LogP contribution in [-0.2, 0) is 14.4 Å². The van der Waals surface area contributed by atoms with Gasteiger partial charge in [0.25, 0.3) is 0 Å². The van der Waals surface area contributed by atoms with Gasteiger partial charge in [-0.1, -0.05) is 40.7 Å². The molecule has 0 radical (unpaired) electrons. The fourth-order valence-electron chi connectivity index (χ4n) is 3.61. The number of hydrogen-bond donors (Lipinski definition) is 2. The van der Waals surface area contributed by atoms with E-state index in [4.69, 9.17) is 0 Å². The average Bonchev–Trinajstić information content (AvgIpc) is 2.63. The number of nitrogens with zero attached hydrogens (tertiary/aromatic N) is 3. The zero-order valence-corrected chi connectivity index (χ0v) is 20.0. The molecule has 1 fully saturated rings. The first kappa shape index (κ1) is 26.1. The maximum atomic E-state index is 13.5. The summed E-state index contributed by atoms with van der Waals surface area (Å²) in [7, 11) is 5.58. The van der Waals surface area contributed by atoms with Crippen LogP contribution in [0.4, 0.5) is 0 Å². The van der Waals surface area contributed by atoms with Gasteiger partial charge >= 0.3 is 5.97 Å². The summed E-state index contributed by atoms with van der Waals surface area (Å²) in [5.74, 6) is -1.38. The number of carbonyl (C=O) groups is 3. The monoisotopic (exact) mass is 424 g/mol. The molecular formula is C22H40N4O4. The summed E-state index contributed by atoms with van der Waals surface area (Å²) in [6.45, 7) is 13.5. The van der Waals surface area contributed by atoms with Crippen molar-refractivity contribution in [2.45, 2.75) is 59.7 Å². The number of nitrogens with one attached hydrogen (secondary N) is 1. The highest BCUT2D eigenvalue weighted by atomic mass is 16.4. The van der Waals surface area contributed by atoms with Gasteiger partial charge in [0.15, 0.2) is 0 Å². The summed E-state index contributed by atoms with van der Waals surface area (Å²) in [5.41, 5.74) is -0.315. The van der Waals surface area contributed by atoms with Crippen molar-refractivity contribution in [2.75, 3.05) is 40.8 Å². The predicted octanol–water partition coefficient (Wildman–Crippen LogP) is 1.28. The second kappa shape index (κ2) is 10.4. The lowest BCUT2D eigenvalue weighted by molar-refractivity contribution is -0.142. The van der Waals surface area contributed by atoms with Crippen molar-refractivity contribution in [1.29, 1.82) is 0 Å². The van der Waals surface area contributed by atoms with E-state index in [1.54, 1.807) is 18.0 Å². The topological polar surface area (TPSA) is 93.2 Å². The average molecular weight is 425 g/mol. The van der Waals surface area contributed by atoms with Crippen LogP contribution in [0.25, 0.3) is 0 Å². The fraction of sp³-hybridized carbons (Fsp3) is 0.773. The largest absolute Gasteiger partial charge is 0.478 e. The first-order chi connectivity index (χ1) is 13.7. The van der Waals surface area contributed by atoms with Crippen LogP contribution in [0.2, 0.25) is 0 Å². The van der Waals surface area contributed by atoms with Crippen LogP contribution >= 0.6 is 0 Å². The van der Waals surface area contributed by atoms with Gasteiger partial charge in [0.1, 0.15) is 12.1 Å². The Morgan fingerprint density at radius 2 is 1.73 bits per heavy atom. The Kier molecular flexibility index (Phi) is 9.05. The van der Waals surface area contributed by atoms with Gasteiger partial charge in [0.05, 0.1) is 6.04 Å². The van der Waals surface area contributed by atoms with Crippen molar-refractivity contribution < 1.29 is 19.5 Å². The summed E-state index contributed by atoms with van der Waals surface area (Å²) in [6.07, 6.45) is 1.61. The molecule has 172 valence electrons. The van der Waals surface area contributed by atoms with E-state index < -0.39 is 17.4 Å². The second-order valence-electron chi connectivity index (χ2n) is 9.90. The molecule has 0 aromatic carbocycles. The van der Waals surface area contributed by atoms with Crippen LogP contribution in [0, 0.1) is 11.3 Å². The van der Waals surface area contributed by atoms with E-state index in [2.05, 4.69) is 10.2 Å². The van der Waals surface area contributed by atoms with Crippen molar-refractivity contribution in [2.24, 2.45) is 11.3 Å². The lowest BCUT2D eigenvalue weighted by Crippen LogP contribution is -2.62. The van der Waals surface area contributed by atoms with Crippen molar-refractivity contribution in [3.63, 3.8) is 0 Å². The third-order valence-electron chi connectivity index (χ3n) is 5.79. The van der Waals surface area contributed by atoms with Crippen LogP contribution < -0.4 is 5.32 Å². The number of aliphatic carboxylic acids is 1. The highest BCUT2D eigenvalue weighted by Crippen LogP contribution is 2.24. The number of amides is 2. The number of carbonyl (C=O) groups excluding carboxylic acids is 2. The van der Waals surface area contributed by atoms with Crippen molar-refractivity contribution in [3.8, 4) is 0 Å². The summed E-state index contributed by atoms with van der Waals surface area (Å²) in [5, 5.41) is 12.2. The van der Waals surface area contributed by atoms with Crippen LogP contribution in [0.5, 0.6) is 0 Å². The molecule has 0 aromatic rings. The van der Waals surface area contributed by atoms with E-state index in [1.807, 2.05) is 53.6 Å². The van der Waals surface area contributed by atoms with E-state index >= 15 is 0 Å². The standard InChI is InChI=1S/C22H40N4O4/c1-14(2)16(12-15(3)21(29)30)26(9)20(28)18(22(4,5)6)23-19(27)17-13-24(7)10-11-25(17)8/h12,14,16-18H,10-11,13H2,1-9H3,(H,23,27)(H,29,30)/b15-12+/t16-,17?,18-/m1/s1. The zero-order valence-electron chi connectivity index (χ0n) is 20.0. The second-order valence-corrected chi connectivity index (χ2v) is 9.90. The Balaban J connectivity index is 3.12. The van der Waals surface area contributed by atoms with E-state index in [-0.39, 0.29) is 35.4 Å². The van der Waals surface area contributed by atoms with Crippen molar-refractivity contribution in [1.82, 2.24) is 20.0 Å². The third kappa shape index (κ3) is 6.80. The molecule has 30 heavy (non-hydrogen) atoms. The van der Waals surface area contributed by atoms with Gasteiger partial charge in [-0.2, -0.15) is 0 Å². The molecule has 1 heterocycles. The molecule has 8 nitrogen and oxygen atoms in total. The minimum Gasteiger partial charge on any atom is -0.478 e. The maximum absolute atomic E-state index is 13.5. The minimum absolute atomic E-state index is 0.0164. The molecule has 0 saturated carbocycles. The van der Waals surface area contributed by atoms with Gasteiger partial charge in [-0.15, -0.1) is 0 Å². The fourth-order valence-corrected chi connectivity index (χ4v) is 3.61. The predicted molar refractivity (Wildman–Crippen MR) is 118 cm³/mol. The van der Waals surface area contributed by atoms with Gasteiger partial charge in [-0.05, 0) is 32.4 Å². The highest BCUT2D eigenvalue weighted by molar-refractivity contribution is 5.91. The Bertz CT molecular complexity index is 669. The van der Waals surface area contributed by atoms with Gasteiger partial charge in [0.2, 0.25) is 11.8 Å². The molecule has 1 aliphatic rings. The Hall–Kier alpha value is -1.93. The molecule has 0 aliphatic carbocycles. The van der Waals surface area contributed by atoms with Crippen molar-refractivity contribution in [3.05, 3.63) is 11.6 Å². The lowest BCUT2D eigenvalue weighted by Gasteiger charge is -2.40. The third-order valence-corrected chi connectivity index (χ3v) is 5.79. The lowest BCUT2D eigenvalue weighted by atomic mass is 9.84. The van der Waals surface area contributed by atoms with Crippen LogP contribution in [0.3, 0.4) is 0 Å². The molecular weight excluding hydrogens is 384 g/mol. The summed E-state index contributed by atoms with van der Waals surface area (Å²) < 4.78 is 0. The summed E-state index contributed by atoms with van der Waals surface area (Å²) in [6, 6.07) is -1.43. The van der Waals surface area contributed by atoms with E-state index in [0.29, 0.717) is 6.54 Å². The molecule has 0 aromatic heterocycles. The van der Waals surface area contributed by atoms with Crippen LogP contribution in [0.1, 0.15) is 41.5 Å². The molecule has 3 atom stereocenters. The molecule has 0 bridgehead atoms. The normalized spacial score (nSPS) is 21.3. The number of carboxylic acid groups (broad SMARTS) is 1. The van der Waals surface area contributed by atoms with Gasteiger partial charge in [0, 0.05) is 32.3 Å². The molecule has 1 aliphatic heterocycles. The number of likely N-dealkylation sites (N-methyl/N-ethyl adjacent to an activating group) is 3. The number of piperazine rings is 1. The maximum Gasteiger partial charge on any atom is 0.331 e. The molecule has 8 heteroatoms. The number of hydrogen-bond acceptors (Lipinski definition) is 5. The van der Waals surface area contributed by atoms with Crippen molar-refractivity contribution >= 4 is 17.8 Å². The molecule has 2 N–H and O–H groups in total. The van der Waals surface area contributed by atoms with Gasteiger partial charge in [-0.3, -0.25) is 14.5 Å². The Morgan fingerprint density at radius 3 is 2.20 bits per heavy atom. The van der Waals surface area contributed by atoms with E-state index in [0.717, 1.165) is 13.1 Å². The minimum atomic E-state index is -1.01. The molecule has 1 saturated heterocycles. The molecule has 1 rings (SSSR count). The highest BCUT2D eigenvalue weighted by Gasteiger charge is 2.39. The smallest absolute Gasteiger partial charge is 0.331 e. The zero-order chi connectivity index (χ0) is 23.4. The van der Waals surface area contributed by atoms with Crippen LogP contribution in [-0.4, -0.2) is 96.5 Å². The first-order valence-corrected chi connectivity index (χ1v) is 10.5. The quantitative estimate of drug-likeness (QED) is 0.598. The van der Waals surface area contributed by atoms with Crippen LogP contribution in [0.15, 0.2) is 11.6 Å². The summed E-state index contributed by atoms with van der Waals surface area (Å²) >= 11 is 0. The molecule has 2 amide bonds. The Labute approximate surface area is 181 Å². The molecule has 0 spiro atoms. The summed E-state index contributed by atoms with van der Waals surface area (Å²) in [4.78, 5) is 43.5. The first-order valence-electron chi connectivity index (χ1n) is 10.5.